The molecule has 9 heteroatoms. The molecule has 3 aromatic rings. The topological polar surface area (TPSA) is 99.2 Å². The van der Waals surface area contributed by atoms with Crippen molar-refractivity contribution in [3.05, 3.63) is 69.5 Å². The number of hydrogen-bond donors (Lipinski definition) is 2. The monoisotopic (exact) mass is 432 g/mol. The fraction of sp³-hybridized carbons (Fsp3) is 0.150. The molecule has 3 N–H and O–H groups in total. The third-order valence-electron chi connectivity index (χ3n) is 4.21. The summed E-state index contributed by atoms with van der Waals surface area (Å²) in [5.41, 5.74) is 8.63. The van der Waals surface area contributed by atoms with Crippen LogP contribution in [0.3, 0.4) is 0 Å². The average molecular weight is 433 g/mol. The predicted molar refractivity (Wildman–Crippen MR) is 113 cm³/mol. The number of benzene rings is 2. The highest BCUT2D eigenvalue weighted by Crippen LogP contribution is 2.28. The lowest BCUT2D eigenvalue weighted by molar-refractivity contribution is -0.119. The van der Waals surface area contributed by atoms with Crippen molar-refractivity contribution in [2.45, 2.75) is 13.8 Å². The highest BCUT2D eigenvalue weighted by molar-refractivity contribution is 6.37. The molecule has 7 nitrogen and oxygen atoms in total. The number of nitrogen functional groups attached to an aromatic ring is 1. The number of nitrogens with zero attached hydrogens (tertiary/aromatic N) is 2. The van der Waals surface area contributed by atoms with Gasteiger partial charge in [-0.05, 0) is 38.1 Å². The smallest absolute Gasteiger partial charge is 0.340 e. The van der Waals surface area contributed by atoms with Crippen LogP contribution in [0.5, 0.6) is 0 Å². The summed E-state index contributed by atoms with van der Waals surface area (Å²) < 4.78 is 6.78. The van der Waals surface area contributed by atoms with E-state index in [-0.39, 0.29) is 21.3 Å². The standard InChI is InChI=1S/C20H18Cl2N4O3/c1-11-19(12(2)26(25-11)14-6-4-3-5-7-14)24-17(27)10-29-20(28)15-8-13(21)9-16(22)18(15)23/h3-9H,10,23H2,1-2H3,(H,24,27). The molecule has 1 heterocycles. The maximum atomic E-state index is 12.3. The Morgan fingerprint density at radius 3 is 2.55 bits per heavy atom. The first-order valence-corrected chi connectivity index (χ1v) is 9.36. The van der Waals surface area contributed by atoms with Gasteiger partial charge in [-0.25, -0.2) is 9.48 Å². The number of hydrogen-bond acceptors (Lipinski definition) is 5. The van der Waals surface area contributed by atoms with Gasteiger partial charge in [0.2, 0.25) is 0 Å². The summed E-state index contributed by atoms with van der Waals surface area (Å²) >= 11 is 11.8. The van der Waals surface area contributed by atoms with Gasteiger partial charge in [0.25, 0.3) is 5.91 Å². The number of amides is 1. The van der Waals surface area contributed by atoms with Crippen molar-refractivity contribution in [3.8, 4) is 5.69 Å². The molecular weight excluding hydrogens is 415 g/mol. The summed E-state index contributed by atoms with van der Waals surface area (Å²) in [7, 11) is 0. The first-order chi connectivity index (χ1) is 13.8. The Bertz CT molecular complexity index is 1080. The number of carbonyl (C=O) groups excluding carboxylic acids is 2. The van der Waals surface area contributed by atoms with Crippen molar-refractivity contribution in [2.75, 3.05) is 17.7 Å². The van der Waals surface area contributed by atoms with Crippen molar-refractivity contribution in [2.24, 2.45) is 0 Å². The second-order valence-corrected chi connectivity index (χ2v) is 7.11. The number of aromatic nitrogens is 2. The maximum Gasteiger partial charge on any atom is 0.340 e. The van der Waals surface area contributed by atoms with Crippen LogP contribution in [0, 0.1) is 13.8 Å². The van der Waals surface area contributed by atoms with E-state index in [9.17, 15) is 9.59 Å². The fourth-order valence-corrected chi connectivity index (χ4v) is 3.28. The molecule has 150 valence electrons. The molecule has 0 aliphatic rings. The van der Waals surface area contributed by atoms with Crippen LogP contribution < -0.4 is 11.1 Å². The van der Waals surface area contributed by atoms with Crippen LogP contribution in [0.15, 0.2) is 42.5 Å². The number of ether oxygens (including phenoxy) is 1. The van der Waals surface area contributed by atoms with Crippen molar-refractivity contribution in [1.82, 2.24) is 9.78 Å². The number of esters is 1. The Balaban J connectivity index is 1.69. The first-order valence-electron chi connectivity index (χ1n) is 8.61. The minimum Gasteiger partial charge on any atom is -0.452 e. The Kier molecular flexibility index (Phi) is 6.10. The summed E-state index contributed by atoms with van der Waals surface area (Å²) in [6.07, 6.45) is 0. The lowest BCUT2D eigenvalue weighted by atomic mass is 10.2. The summed E-state index contributed by atoms with van der Waals surface area (Å²) in [6, 6.07) is 12.3. The van der Waals surface area contributed by atoms with Crippen LogP contribution in [0.2, 0.25) is 10.0 Å². The van der Waals surface area contributed by atoms with E-state index in [2.05, 4.69) is 10.4 Å². The molecule has 1 aromatic heterocycles. The zero-order valence-electron chi connectivity index (χ0n) is 15.7. The van der Waals surface area contributed by atoms with Crippen molar-refractivity contribution in [3.63, 3.8) is 0 Å². The first kappa shape index (κ1) is 20.7. The van der Waals surface area contributed by atoms with Crippen LogP contribution in [-0.2, 0) is 9.53 Å². The van der Waals surface area contributed by atoms with Crippen LogP contribution >= 0.6 is 23.2 Å². The minimum absolute atomic E-state index is 0.000409. The number of anilines is 2. The number of halogens is 2. The summed E-state index contributed by atoms with van der Waals surface area (Å²) in [5, 5.41) is 7.55. The van der Waals surface area contributed by atoms with E-state index in [1.165, 1.54) is 12.1 Å². The largest absolute Gasteiger partial charge is 0.452 e. The Morgan fingerprint density at radius 1 is 1.17 bits per heavy atom. The quantitative estimate of drug-likeness (QED) is 0.465. The van der Waals surface area contributed by atoms with Crippen molar-refractivity contribution in [1.29, 1.82) is 0 Å². The van der Waals surface area contributed by atoms with Crippen LogP contribution in [0.1, 0.15) is 21.7 Å². The number of para-hydroxylation sites is 1. The van der Waals surface area contributed by atoms with Gasteiger partial charge in [-0.1, -0.05) is 41.4 Å². The fourth-order valence-electron chi connectivity index (χ4n) is 2.78. The molecule has 0 aliphatic carbocycles. The Hall–Kier alpha value is -3.03. The summed E-state index contributed by atoms with van der Waals surface area (Å²) in [6.45, 7) is 3.11. The van der Waals surface area contributed by atoms with Crippen LogP contribution in [0.25, 0.3) is 5.69 Å². The van der Waals surface area contributed by atoms with Crippen molar-refractivity contribution >= 4 is 46.5 Å². The van der Waals surface area contributed by atoms with Gasteiger partial charge in [0.1, 0.15) is 0 Å². The highest BCUT2D eigenvalue weighted by Gasteiger charge is 2.19. The predicted octanol–water partition coefficient (Wildman–Crippen LogP) is 4.17. The van der Waals surface area contributed by atoms with Gasteiger partial charge in [0.05, 0.1) is 39.0 Å². The average Bonchev–Trinajstić information content (AvgIpc) is 2.97. The molecule has 0 radical (unpaired) electrons. The second kappa shape index (κ2) is 8.55. The van der Waals surface area contributed by atoms with E-state index in [0.717, 1.165) is 11.4 Å². The van der Waals surface area contributed by atoms with E-state index in [1.54, 1.807) is 11.6 Å². The molecular formula is C20H18Cl2N4O3. The highest BCUT2D eigenvalue weighted by atomic mass is 35.5. The van der Waals surface area contributed by atoms with Gasteiger partial charge in [-0.2, -0.15) is 5.10 Å². The normalized spacial score (nSPS) is 10.6. The molecule has 0 saturated carbocycles. The van der Waals surface area contributed by atoms with E-state index in [0.29, 0.717) is 11.4 Å². The number of nitrogens with two attached hydrogens (primary N) is 1. The molecule has 0 atom stereocenters. The van der Waals surface area contributed by atoms with E-state index < -0.39 is 18.5 Å². The molecule has 0 aliphatic heterocycles. The number of aryl methyl sites for hydroxylation is 1. The van der Waals surface area contributed by atoms with E-state index in [1.807, 2.05) is 37.3 Å². The molecule has 2 aromatic carbocycles. The molecule has 0 unspecified atom stereocenters. The lowest BCUT2D eigenvalue weighted by Gasteiger charge is -2.10. The minimum atomic E-state index is -0.796. The molecule has 0 spiro atoms. The third kappa shape index (κ3) is 4.52. The Labute approximate surface area is 177 Å². The van der Waals surface area contributed by atoms with Gasteiger partial charge in [-0.3, -0.25) is 4.79 Å². The molecule has 1 amide bonds. The zero-order valence-corrected chi connectivity index (χ0v) is 17.2. The van der Waals surface area contributed by atoms with Gasteiger partial charge < -0.3 is 15.8 Å². The lowest BCUT2D eigenvalue weighted by Crippen LogP contribution is -2.22. The maximum absolute atomic E-state index is 12.3. The SMILES string of the molecule is Cc1nn(-c2ccccc2)c(C)c1NC(=O)COC(=O)c1cc(Cl)cc(Cl)c1N. The molecule has 0 bridgehead atoms. The van der Waals surface area contributed by atoms with Crippen LogP contribution in [-0.4, -0.2) is 28.3 Å². The van der Waals surface area contributed by atoms with E-state index >= 15 is 0 Å². The number of nitrogens with one attached hydrogen (secondary N) is 1. The van der Waals surface area contributed by atoms with Gasteiger partial charge in [0, 0.05) is 5.02 Å². The zero-order chi connectivity index (χ0) is 21.1. The van der Waals surface area contributed by atoms with Gasteiger partial charge in [0.15, 0.2) is 6.61 Å². The molecule has 0 fully saturated rings. The second-order valence-electron chi connectivity index (χ2n) is 6.27. The number of rotatable bonds is 5. The van der Waals surface area contributed by atoms with Crippen molar-refractivity contribution < 1.29 is 14.3 Å². The van der Waals surface area contributed by atoms with Crippen LogP contribution in [0.4, 0.5) is 11.4 Å². The number of carbonyl (C=O) groups is 2. The molecule has 0 saturated heterocycles. The summed E-state index contributed by atoms with van der Waals surface area (Å²) in [5.74, 6) is -1.31. The van der Waals surface area contributed by atoms with E-state index in [4.69, 9.17) is 33.7 Å². The van der Waals surface area contributed by atoms with Gasteiger partial charge in [-0.15, -0.1) is 0 Å². The molecule has 29 heavy (non-hydrogen) atoms. The Morgan fingerprint density at radius 2 is 1.86 bits per heavy atom. The van der Waals surface area contributed by atoms with Gasteiger partial charge >= 0.3 is 5.97 Å². The molecule has 3 rings (SSSR count). The summed E-state index contributed by atoms with van der Waals surface area (Å²) in [4.78, 5) is 24.5. The third-order valence-corrected chi connectivity index (χ3v) is 4.74.